The van der Waals surface area contributed by atoms with Crippen LogP contribution in [0.4, 0.5) is 5.69 Å². The fraction of sp³-hybridized carbons (Fsp3) is 0.588. The zero-order valence-corrected chi connectivity index (χ0v) is 12.8. The fourth-order valence-electron chi connectivity index (χ4n) is 3.20. The van der Waals surface area contributed by atoms with E-state index in [1.807, 2.05) is 18.2 Å². The van der Waals surface area contributed by atoms with Gasteiger partial charge >= 0.3 is 0 Å². The van der Waals surface area contributed by atoms with Crippen molar-refractivity contribution in [3.8, 4) is 0 Å². The molecular formula is C17H26N2O. The van der Waals surface area contributed by atoms with Crippen LogP contribution >= 0.6 is 0 Å². The number of anilines is 1. The summed E-state index contributed by atoms with van der Waals surface area (Å²) in [6, 6.07) is 8.07. The number of hydrogen-bond donors (Lipinski definition) is 2. The maximum absolute atomic E-state index is 12.0. The topological polar surface area (TPSA) is 55.1 Å². The molecule has 2 rings (SSSR count). The van der Waals surface area contributed by atoms with Gasteiger partial charge in [-0.05, 0) is 56.1 Å². The maximum atomic E-state index is 12.0. The van der Waals surface area contributed by atoms with Crippen LogP contribution in [0.2, 0.25) is 0 Å². The third-order valence-electron chi connectivity index (χ3n) is 4.82. The van der Waals surface area contributed by atoms with Gasteiger partial charge in [0.2, 0.25) is 5.91 Å². The normalized spacial score (nSPS) is 26.5. The van der Waals surface area contributed by atoms with Gasteiger partial charge in [-0.25, -0.2) is 0 Å². The van der Waals surface area contributed by atoms with E-state index >= 15 is 0 Å². The number of hydrogen-bond acceptors (Lipinski definition) is 2. The van der Waals surface area contributed by atoms with Crippen molar-refractivity contribution in [3.05, 3.63) is 29.8 Å². The summed E-state index contributed by atoms with van der Waals surface area (Å²) in [5.41, 5.74) is 7.32. The van der Waals surface area contributed by atoms with Crippen molar-refractivity contribution in [1.29, 1.82) is 0 Å². The molecule has 1 saturated carbocycles. The molecule has 1 fully saturated rings. The Morgan fingerprint density at radius 3 is 2.40 bits per heavy atom. The number of primary amides is 1. The van der Waals surface area contributed by atoms with Crippen LogP contribution < -0.4 is 11.1 Å². The zero-order chi connectivity index (χ0) is 14.8. The van der Waals surface area contributed by atoms with Crippen molar-refractivity contribution in [2.75, 3.05) is 5.32 Å². The number of nitrogens with one attached hydrogen (secondary N) is 1. The van der Waals surface area contributed by atoms with Crippen molar-refractivity contribution >= 4 is 11.6 Å². The molecule has 0 unspecified atom stereocenters. The van der Waals surface area contributed by atoms with Crippen LogP contribution in [-0.4, -0.2) is 11.4 Å². The van der Waals surface area contributed by atoms with E-state index in [0.717, 1.165) is 36.9 Å². The summed E-state index contributed by atoms with van der Waals surface area (Å²) >= 11 is 0. The summed E-state index contributed by atoms with van der Waals surface area (Å²) in [6.45, 7) is 6.57. The smallest absolute Gasteiger partial charge is 0.243 e. The second kappa shape index (κ2) is 5.86. The molecule has 1 aliphatic rings. The monoisotopic (exact) mass is 274 g/mol. The Kier molecular flexibility index (Phi) is 4.36. The second-order valence-electron chi connectivity index (χ2n) is 6.47. The number of rotatable bonds is 4. The molecule has 1 aliphatic carbocycles. The van der Waals surface area contributed by atoms with Crippen molar-refractivity contribution in [2.24, 2.45) is 17.6 Å². The van der Waals surface area contributed by atoms with Crippen molar-refractivity contribution in [3.63, 3.8) is 0 Å². The molecule has 0 radical (unpaired) electrons. The molecule has 1 amide bonds. The number of benzene rings is 1. The largest absolute Gasteiger partial charge is 0.371 e. The van der Waals surface area contributed by atoms with Crippen LogP contribution in [0.5, 0.6) is 0 Å². The summed E-state index contributed by atoms with van der Waals surface area (Å²) in [5, 5.41) is 3.45. The first-order valence-corrected chi connectivity index (χ1v) is 7.58. The van der Waals surface area contributed by atoms with Crippen molar-refractivity contribution in [1.82, 2.24) is 0 Å². The highest BCUT2D eigenvalue weighted by Crippen LogP contribution is 2.38. The Balaban J connectivity index is 2.16. The minimum atomic E-state index is -0.572. The van der Waals surface area contributed by atoms with Crippen molar-refractivity contribution in [2.45, 2.75) is 52.0 Å². The van der Waals surface area contributed by atoms with Crippen LogP contribution in [0.3, 0.4) is 0 Å². The molecule has 0 spiro atoms. The zero-order valence-electron chi connectivity index (χ0n) is 12.8. The van der Waals surface area contributed by atoms with E-state index in [-0.39, 0.29) is 5.91 Å². The first-order valence-electron chi connectivity index (χ1n) is 7.58. The summed E-state index contributed by atoms with van der Waals surface area (Å²) < 4.78 is 0. The molecule has 0 bridgehead atoms. The number of para-hydroxylation sites is 1. The van der Waals surface area contributed by atoms with Crippen LogP contribution in [-0.2, 0) is 4.79 Å². The highest BCUT2D eigenvalue weighted by atomic mass is 16.1. The average molecular weight is 274 g/mol. The predicted octanol–water partition coefficient (Wildman–Crippen LogP) is 3.48. The average Bonchev–Trinajstić information content (AvgIpc) is 2.42. The van der Waals surface area contributed by atoms with Gasteiger partial charge in [-0.1, -0.05) is 32.0 Å². The Labute approximate surface area is 121 Å². The minimum absolute atomic E-state index is 0.219. The van der Waals surface area contributed by atoms with E-state index in [0.29, 0.717) is 11.8 Å². The minimum Gasteiger partial charge on any atom is -0.371 e. The molecule has 3 heteroatoms. The predicted molar refractivity (Wildman–Crippen MR) is 83.5 cm³/mol. The molecular weight excluding hydrogens is 248 g/mol. The molecule has 1 aromatic carbocycles. The van der Waals surface area contributed by atoms with E-state index in [9.17, 15) is 4.79 Å². The molecule has 110 valence electrons. The second-order valence-corrected chi connectivity index (χ2v) is 6.47. The van der Waals surface area contributed by atoms with E-state index in [2.05, 4.69) is 32.2 Å². The van der Waals surface area contributed by atoms with Gasteiger partial charge in [0.05, 0.1) is 0 Å². The highest BCUT2D eigenvalue weighted by Gasteiger charge is 2.41. The van der Waals surface area contributed by atoms with Crippen LogP contribution in [0.1, 0.15) is 45.1 Å². The molecule has 20 heavy (non-hydrogen) atoms. The Morgan fingerprint density at radius 2 is 1.90 bits per heavy atom. The number of amides is 1. The van der Waals surface area contributed by atoms with Gasteiger partial charge in [-0.15, -0.1) is 0 Å². The molecule has 0 aliphatic heterocycles. The van der Waals surface area contributed by atoms with Crippen LogP contribution in [0.15, 0.2) is 24.3 Å². The lowest BCUT2D eigenvalue weighted by molar-refractivity contribution is -0.123. The third kappa shape index (κ3) is 2.97. The van der Waals surface area contributed by atoms with Gasteiger partial charge in [0.1, 0.15) is 5.54 Å². The number of carbonyl (C=O) groups excluding carboxylic acids is 1. The molecule has 3 N–H and O–H groups in total. The van der Waals surface area contributed by atoms with E-state index in [1.54, 1.807) is 0 Å². The fourth-order valence-corrected chi connectivity index (χ4v) is 3.20. The summed E-state index contributed by atoms with van der Waals surface area (Å²) in [4.78, 5) is 12.0. The number of aryl methyl sites for hydroxylation is 1. The summed E-state index contributed by atoms with van der Waals surface area (Å²) in [7, 11) is 0. The first kappa shape index (κ1) is 14.9. The van der Waals surface area contributed by atoms with Gasteiger partial charge in [0, 0.05) is 5.69 Å². The standard InChI is InChI=1S/C17H26N2O/c1-12(2)14-8-10-17(11-9-14,16(18)20)19-15-7-5-4-6-13(15)3/h4-7,12,14,19H,8-11H2,1-3H3,(H2,18,20). The van der Waals surface area contributed by atoms with E-state index in [4.69, 9.17) is 5.73 Å². The third-order valence-corrected chi connectivity index (χ3v) is 4.82. The first-order chi connectivity index (χ1) is 9.44. The molecule has 0 heterocycles. The van der Waals surface area contributed by atoms with Gasteiger partial charge in [0.15, 0.2) is 0 Å². The lowest BCUT2D eigenvalue weighted by atomic mass is 9.72. The molecule has 0 saturated heterocycles. The molecule has 3 nitrogen and oxygen atoms in total. The number of nitrogens with two attached hydrogens (primary N) is 1. The molecule has 0 atom stereocenters. The quantitative estimate of drug-likeness (QED) is 0.883. The van der Waals surface area contributed by atoms with Gasteiger partial charge in [0.25, 0.3) is 0 Å². The highest BCUT2D eigenvalue weighted by molar-refractivity contribution is 5.88. The van der Waals surface area contributed by atoms with Gasteiger partial charge in [-0.2, -0.15) is 0 Å². The SMILES string of the molecule is Cc1ccccc1NC1(C(N)=O)CCC(C(C)C)CC1. The molecule has 1 aromatic rings. The van der Waals surface area contributed by atoms with Gasteiger partial charge in [-0.3, -0.25) is 4.79 Å². The van der Waals surface area contributed by atoms with E-state index < -0.39 is 5.54 Å². The Morgan fingerprint density at radius 1 is 1.30 bits per heavy atom. The lowest BCUT2D eigenvalue weighted by Crippen LogP contribution is -2.53. The lowest BCUT2D eigenvalue weighted by Gasteiger charge is -2.40. The van der Waals surface area contributed by atoms with E-state index in [1.165, 1.54) is 0 Å². The Hall–Kier alpha value is -1.51. The summed E-state index contributed by atoms with van der Waals surface area (Å²) in [6.07, 6.45) is 3.80. The summed E-state index contributed by atoms with van der Waals surface area (Å²) in [5.74, 6) is 1.17. The Bertz CT molecular complexity index is 474. The van der Waals surface area contributed by atoms with Gasteiger partial charge < -0.3 is 11.1 Å². The molecule has 0 aromatic heterocycles. The van der Waals surface area contributed by atoms with Crippen molar-refractivity contribution < 1.29 is 4.79 Å². The maximum Gasteiger partial charge on any atom is 0.243 e. The van der Waals surface area contributed by atoms with Crippen LogP contribution in [0, 0.1) is 18.8 Å². The number of carbonyl (C=O) groups is 1. The van der Waals surface area contributed by atoms with Crippen LogP contribution in [0.25, 0.3) is 0 Å².